The lowest BCUT2D eigenvalue weighted by molar-refractivity contribution is 0.0394. The Labute approximate surface area is 162 Å². The second kappa shape index (κ2) is 7.85. The van der Waals surface area contributed by atoms with E-state index in [1.807, 2.05) is 17.0 Å². The zero-order valence-corrected chi connectivity index (χ0v) is 16.2. The van der Waals surface area contributed by atoms with Crippen molar-refractivity contribution < 1.29 is 22.7 Å². The summed E-state index contributed by atoms with van der Waals surface area (Å²) in [5, 5.41) is 5.82. The van der Waals surface area contributed by atoms with Gasteiger partial charge < -0.3 is 14.4 Å². The van der Waals surface area contributed by atoms with Gasteiger partial charge in [-0.05, 0) is 35.9 Å². The molecular formula is C18H19ClN2O5S. The fraction of sp³-hybridized carbons (Fsp3) is 0.278. The van der Waals surface area contributed by atoms with E-state index >= 15 is 0 Å². The second-order valence-corrected chi connectivity index (χ2v) is 8.07. The molecule has 2 aromatic carbocycles. The van der Waals surface area contributed by atoms with Gasteiger partial charge in [-0.15, -0.1) is 0 Å². The maximum atomic E-state index is 12.2. The Bertz CT molecular complexity index is 947. The molecule has 1 fully saturated rings. The van der Waals surface area contributed by atoms with Crippen LogP contribution in [0.2, 0.25) is 5.02 Å². The Morgan fingerprint density at radius 1 is 1.26 bits per heavy atom. The van der Waals surface area contributed by atoms with Crippen molar-refractivity contribution in [1.82, 2.24) is 0 Å². The molecule has 144 valence electrons. The van der Waals surface area contributed by atoms with E-state index in [2.05, 4.69) is 0 Å². The topological polar surface area (TPSA) is 98.9 Å². The molecule has 0 amide bonds. The van der Waals surface area contributed by atoms with Gasteiger partial charge in [0.15, 0.2) is 0 Å². The fourth-order valence-electron chi connectivity index (χ4n) is 2.99. The summed E-state index contributed by atoms with van der Waals surface area (Å²) in [5.41, 5.74) is 1.67. The van der Waals surface area contributed by atoms with Crippen LogP contribution < -0.4 is 10.0 Å². The third-order valence-electron chi connectivity index (χ3n) is 4.35. The fourth-order valence-corrected chi connectivity index (χ4v) is 3.65. The number of halogens is 1. The van der Waals surface area contributed by atoms with Crippen LogP contribution in [0.3, 0.4) is 0 Å². The minimum absolute atomic E-state index is 0.140. The van der Waals surface area contributed by atoms with Crippen LogP contribution >= 0.6 is 11.6 Å². The SMILES string of the molecule is COC(=O)c1cc(S(N)(=O)=O)ccc1N1CCOC(c2ccc(Cl)cc2)C1. The van der Waals surface area contributed by atoms with Gasteiger partial charge in [-0.25, -0.2) is 18.4 Å². The molecule has 0 bridgehead atoms. The molecule has 0 aromatic heterocycles. The minimum atomic E-state index is -3.94. The molecule has 2 aromatic rings. The Morgan fingerprint density at radius 3 is 2.59 bits per heavy atom. The molecule has 1 heterocycles. The predicted molar refractivity (Wildman–Crippen MR) is 102 cm³/mol. The molecule has 1 aliphatic heterocycles. The van der Waals surface area contributed by atoms with Crippen LogP contribution in [0.1, 0.15) is 22.0 Å². The van der Waals surface area contributed by atoms with Crippen LogP contribution in [0, 0.1) is 0 Å². The van der Waals surface area contributed by atoms with Crippen LogP contribution in [-0.2, 0) is 19.5 Å². The molecule has 1 saturated heterocycles. The van der Waals surface area contributed by atoms with E-state index in [9.17, 15) is 13.2 Å². The van der Waals surface area contributed by atoms with Gasteiger partial charge in [0.1, 0.15) is 6.10 Å². The number of sulfonamides is 1. The van der Waals surface area contributed by atoms with Crippen molar-refractivity contribution in [1.29, 1.82) is 0 Å². The quantitative estimate of drug-likeness (QED) is 0.777. The molecule has 0 spiro atoms. The maximum Gasteiger partial charge on any atom is 0.340 e. The summed E-state index contributed by atoms with van der Waals surface area (Å²) in [6.07, 6.45) is -0.209. The van der Waals surface area contributed by atoms with Crippen molar-refractivity contribution in [3.63, 3.8) is 0 Å². The van der Waals surface area contributed by atoms with Gasteiger partial charge >= 0.3 is 5.97 Å². The van der Waals surface area contributed by atoms with Crippen LogP contribution in [0.5, 0.6) is 0 Å². The van der Waals surface area contributed by atoms with Gasteiger partial charge in [0, 0.05) is 18.1 Å². The molecule has 7 nitrogen and oxygen atoms in total. The highest BCUT2D eigenvalue weighted by Gasteiger charge is 2.26. The molecule has 9 heteroatoms. The van der Waals surface area contributed by atoms with Crippen molar-refractivity contribution in [3.05, 3.63) is 58.6 Å². The van der Waals surface area contributed by atoms with Gasteiger partial charge in [-0.1, -0.05) is 23.7 Å². The summed E-state index contributed by atoms with van der Waals surface area (Å²) in [6.45, 7) is 1.48. The predicted octanol–water partition coefficient (Wildman–Crippen LogP) is 2.35. The molecule has 2 N–H and O–H groups in total. The van der Waals surface area contributed by atoms with Crippen LogP contribution in [0.15, 0.2) is 47.4 Å². The first-order valence-electron chi connectivity index (χ1n) is 8.17. The zero-order valence-electron chi connectivity index (χ0n) is 14.6. The Kier molecular flexibility index (Phi) is 5.71. The molecule has 3 rings (SSSR count). The molecular weight excluding hydrogens is 392 g/mol. The lowest BCUT2D eigenvalue weighted by Gasteiger charge is -2.35. The van der Waals surface area contributed by atoms with Crippen LogP contribution in [0.4, 0.5) is 5.69 Å². The number of nitrogens with two attached hydrogens (primary N) is 1. The summed E-state index contributed by atoms with van der Waals surface area (Å²) in [4.78, 5) is 14.0. The number of esters is 1. The molecule has 0 radical (unpaired) electrons. The number of carbonyl (C=O) groups is 1. The van der Waals surface area contributed by atoms with E-state index in [1.54, 1.807) is 18.2 Å². The number of hydrogen-bond acceptors (Lipinski definition) is 6. The number of hydrogen-bond donors (Lipinski definition) is 1. The number of carbonyl (C=O) groups excluding carboxylic acids is 1. The second-order valence-electron chi connectivity index (χ2n) is 6.07. The number of primary sulfonamides is 1. The molecule has 0 saturated carbocycles. The Morgan fingerprint density at radius 2 is 1.96 bits per heavy atom. The summed E-state index contributed by atoms with van der Waals surface area (Å²) in [6, 6.07) is 11.5. The number of anilines is 1. The average Bonchev–Trinajstić information content (AvgIpc) is 2.67. The lowest BCUT2D eigenvalue weighted by Crippen LogP contribution is -2.39. The van der Waals surface area contributed by atoms with Crippen LogP contribution in [-0.4, -0.2) is 41.2 Å². The van der Waals surface area contributed by atoms with Crippen molar-refractivity contribution >= 4 is 33.3 Å². The molecule has 1 aliphatic rings. The Balaban J connectivity index is 1.94. The standard InChI is InChI=1S/C18H19ClN2O5S/c1-25-18(22)15-10-14(27(20,23)24)6-7-16(15)21-8-9-26-17(11-21)12-2-4-13(19)5-3-12/h2-7,10,17H,8-9,11H2,1H3,(H2,20,23,24). The van der Waals surface area contributed by atoms with Gasteiger partial charge in [0.2, 0.25) is 10.0 Å². The largest absolute Gasteiger partial charge is 0.465 e. The molecule has 27 heavy (non-hydrogen) atoms. The van der Waals surface area contributed by atoms with Crippen molar-refractivity contribution in [2.75, 3.05) is 31.7 Å². The minimum Gasteiger partial charge on any atom is -0.465 e. The van der Waals surface area contributed by atoms with Gasteiger partial charge in [0.25, 0.3) is 0 Å². The highest BCUT2D eigenvalue weighted by atomic mass is 35.5. The normalized spacial score (nSPS) is 17.6. The van der Waals surface area contributed by atoms with Gasteiger partial charge in [-0.2, -0.15) is 0 Å². The van der Waals surface area contributed by atoms with E-state index in [0.29, 0.717) is 30.4 Å². The summed E-state index contributed by atoms with van der Waals surface area (Å²) >= 11 is 5.94. The number of benzene rings is 2. The molecule has 1 atom stereocenters. The van der Waals surface area contributed by atoms with E-state index in [1.165, 1.54) is 19.2 Å². The molecule has 1 unspecified atom stereocenters. The highest BCUT2D eigenvalue weighted by molar-refractivity contribution is 7.89. The summed E-state index contributed by atoms with van der Waals surface area (Å²) < 4.78 is 33.9. The van der Waals surface area contributed by atoms with E-state index in [-0.39, 0.29) is 16.6 Å². The lowest BCUT2D eigenvalue weighted by atomic mass is 10.1. The smallest absolute Gasteiger partial charge is 0.340 e. The number of rotatable bonds is 4. The first-order chi connectivity index (χ1) is 12.8. The summed E-state index contributed by atoms with van der Waals surface area (Å²) in [5.74, 6) is -0.634. The molecule has 0 aliphatic carbocycles. The highest BCUT2D eigenvalue weighted by Crippen LogP contribution is 2.30. The number of ether oxygens (including phenoxy) is 2. The van der Waals surface area contributed by atoms with Gasteiger partial charge in [-0.3, -0.25) is 0 Å². The third-order valence-corrected chi connectivity index (χ3v) is 5.51. The first kappa shape index (κ1) is 19.6. The third kappa shape index (κ3) is 4.41. The summed E-state index contributed by atoms with van der Waals surface area (Å²) in [7, 11) is -2.69. The Hall–Kier alpha value is -2.13. The van der Waals surface area contributed by atoms with Crippen molar-refractivity contribution in [2.45, 2.75) is 11.0 Å². The monoisotopic (exact) mass is 410 g/mol. The van der Waals surface area contributed by atoms with Crippen LogP contribution in [0.25, 0.3) is 0 Å². The van der Waals surface area contributed by atoms with Gasteiger partial charge in [0.05, 0.1) is 29.9 Å². The van der Waals surface area contributed by atoms with E-state index in [0.717, 1.165) is 5.56 Å². The zero-order chi connectivity index (χ0) is 19.6. The van der Waals surface area contributed by atoms with E-state index < -0.39 is 16.0 Å². The average molecular weight is 411 g/mol. The number of morpholine rings is 1. The number of methoxy groups -OCH3 is 1. The number of nitrogens with zero attached hydrogens (tertiary/aromatic N) is 1. The van der Waals surface area contributed by atoms with Crippen molar-refractivity contribution in [2.24, 2.45) is 5.14 Å². The maximum absolute atomic E-state index is 12.2. The van der Waals surface area contributed by atoms with Crippen molar-refractivity contribution in [3.8, 4) is 0 Å². The first-order valence-corrected chi connectivity index (χ1v) is 10.1. The van der Waals surface area contributed by atoms with E-state index in [4.69, 9.17) is 26.2 Å².